The van der Waals surface area contributed by atoms with Crippen LogP contribution in [-0.2, 0) is 6.42 Å². The number of halogens is 1. The maximum atomic E-state index is 5.94. The van der Waals surface area contributed by atoms with Crippen molar-refractivity contribution < 1.29 is 0 Å². The van der Waals surface area contributed by atoms with E-state index in [4.69, 9.17) is 5.73 Å². The molecule has 2 aromatic rings. The Hall–Kier alpha value is -1.42. The highest BCUT2D eigenvalue weighted by atomic mass is 79.9. The average molecular weight is 306 g/mol. The molecule has 0 aliphatic carbocycles. The minimum absolute atomic E-state index is 0.563. The monoisotopic (exact) mass is 305 g/mol. The second-order valence-electron chi connectivity index (χ2n) is 4.32. The average Bonchev–Trinajstić information content (AvgIpc) is 2.36. The van der Waals surface area contributed by atoms with Gasteiger partial charge in [-0.3, -0.25) is 0 Å². The smallest absolute Gasteiger partial charge is 0.161 e. The minimum Gasteiger partial charge on any atom is -0.383 e. The molecule has 0 saturated heterocycles. The molecule has 2 rings (SSSR count). The van der Waals surface area contributed by atoms with Crippen LogP contribution >= 0.6 is 15.9 Å². The third-order valence-electron chi connectivity index (χ3n) is 3.05. The third-order valence-corrected chi connectivity index (χ3v) is 3.90. The van der Waals surface area contributed by atoms with Gasteiger partial charge in [-0.15, -0.1) is 0 Å². The van der Waals surface area contributed by atoms with Crippen LogP contribution in [0.5, 0.6) is 0 Å². The number of hydrogen-bond acceptors (Lipinski definition) is 3. The number of nitrogens with two attached hydrogens (primary N) is 1. The van der Waals surface area contributed by atoms with Crippen LogP contribution in [0, 0.1) is 13.8 Å². The van der Waals surface area contributed by atoms with Gasteiger partial charge in [-0.1, -0.05) is 35.0 Å². The van der Waals surface area contributed by atoms with Crippen molar-refractivity contribution >= 4 is 21.7 Å². The Labute approximate surface area is 116 Å². The molecule has 0 radical (unpaired) electrons. The van der Waals surface area contributed by atoms with Crippen LogP contribution < -0.4 is 5.73 Å². The highest BCUT2D eigenvalue weighted by Crippen LogP contribution is 2.25. The van der Waals surface area contributed by atoms with Gasteiger partial charge >= 0.3 is 0 Å². The Kier molecular flexibility index (Phi) is 3.66. The lowest BCUT2D eigenvalue weighted by Gasteiger charge is -2.09. The van der Waals surface area contributed by atoms with Crippen molar-refractivity contribution in [3.05, 3.63) is 39.5 Å². The van der Waals surface area contributed by atoms with Crippen LogP contribution in [0.2, 0.25) is 0 Å². The van der Waals surface area contributed by atoms with Gasteiger partial charge in [-0.05, 0) is 31.9 Å². The molecule has 0 aliphatic heterocycles. The Morgan fingerprint density at radius 2 is 1.94 bits per heavy atom. The van der Waals surface area contributed by atoms with Crippen molar-refractivity contribution in [3.8, 4) is 11.4 Å². The zero-order valence-electron chi connectivity index (χ0n) is 10.8. The number of hydrogen-bond donors (Lipinski definition) is 1. The molecule has 0 fully saturated rings. The van der Waals surface area contributed by atoms with Crippen LogP contribution in [0.1, 0.15) is 23.7 Å². The summed E-state index contributed by atoms with van der Waals surface area (Å²) in [5, 5.41) is 0. The summed E-state index contributed by atoms with van der Waals surface area (Å²) in [4.78, 5) is 8.95. The van der Waals surface area contributed by atoms with E-state index in [9.17, 15) is 0 Å². The molecule has 1 aromatic heterocycles. The van der Waals surface area contributed by atoms with Gasteiger partial charge in [0.2, 0.25) is 0 Å². The first kappa shape index (κ1) is 13.0. The fourth-order valence-electron chi connectivity index (χ4n) is 1.79. The van der Waals surface area contributed by atoms with Crippen molar-refractivity contribution in [2.24, 2.45) is 0 Å². The maximum Gasteiger partial charge on any atom is 0.161 e. The summed E-state index contributed by atoms with van der Waals surface area (Å²) in [6.45, 7) is 6.09. The van der Waals surface area contributed by atoms with Crippen LogP contribution in [0.15, 0.2) is 22.7 Å². The Bertz CT molecular complexity index is 594. The van der Waals surface area contributed by atoms with Crippen molar-refractivity contribution in [3.63, 3.8) is 0 Å². The van der Waals surface area contributed by atoms with Gasteiger partial charge in [0.15, 0.2) is 5.82 Å². The largest absolute Gasteiger partial charge is 0.383 e. The number of nitrogens with zero attached hydrogens (tertiary/aromatic N) is 2. The summed E-state index contributed by atoms with van der Waals surface area (Å²) in [6, 6.07) is 6.09. The Balaban J connectivity index is 2.57. The first-order valence-corrected chi connectivity index (χ1v) is 6.71. The molecule has 0 saturated carbocycles. The van der Waals surface area contributed by atoms with Crippen molar-refractivity contribution in [2.45, 2.75) is 27.2 Å². The van der Waals surface area contributed by atoms with Crippen molar-refractivity contribution in [1.29, 1.82) is 0 Å². The molecule has 0 bridgehead atoms. The first-order valence-electron chi connectivity index (χ1n) is 5.92. The highest BCUT2D eigenvalue weighted by molar-refractivity contribution is 9.10. The van der Waals surface area contributed by atoms with E-state index in [2.05, 4.69) is 39.7 Å². The fraction of sp³-hybridized carbons (Fsp3) is 0.286. The molecule has 1 aromatic carbocycles. The van der Waals surface area contributed by atoms with Gasteiger partial charge in [0, 0.05) is 21.3 Å². The predicted molar refractivity (Wildman–Crippen MR) is 78.4 cm³/mol. The highest BCUT2D eigenvalue weighted by Gasteiger charge is 2.09. The molecule has 18 heavy (non-hydrogen) atoms. The van der Waals surface area contributed by atoms with Crippen molar-refractivity contribution in [2.75, 3.05) is 5.73 Å². The van der Waals surface area contributed by atoms with E-state index in [0.717, 1.165) is 27.7 Å². The zero-order chi connectivity index (χ0) is 13.3. The van der Waals surface area contributed by atoms with E-state index in [1.165, 1.54) is 5.56 Å². The maximum absolute atomic E-state index is 5.94. The summed E-state index contributed by atoms with van der Waals surface area (Å²) in [6.07, 6.45) is 0.860. The summed E-state index contributed by atoms with van der Waals surface area (Å²) in [5.41, 5.74) is 10.1. The summed E-state index contributed by atoms with van der Waals surface area (Å²) < 4.78 is 1.06. The van der Waals surface area contributed by atoms with Gasteiger partial charge in [-0.2, -0.15) is 0 Å². The van der Waals surface area contributed by atoms with Gasteiger partial charge in [0.05, 0.1) is 0 Å². The molecular weight excluding hydrogens is 290 g/mol. The lowest BCUT2D eigenvalue weighted by Crippen LogP contribution is -2.04. The second-order valence-corrected chi connectivity index (χ2v) is 5.18. The van der Waals surface area contributed by atoms with E-state index in [1.807, 2.05) is 25.1 Å². The number of rotatable bonds is 2. The molecule has 0 spiro atoms. The van der Waals surface area contributed by atoms with E-state index in [1.54, 1.807) is 0 Å². The summed E-state index contributed by atoms with van der Waals surface area (Å²) >= 11 is 3.53. The van der Waals surface area contributed by atoms with Crippen molar-refractivity contribution in [1.82, 2.24) is 9.97 Å². The minimum atomic E-state index is 0.563. The zero-order valence-corrected chi connectivity index (χ0v) is 12.4. The number of aryl methyl sites for hydroxylation is 2. The second kappa shape index (κ2) is 5.06. The molecule has 0 amide bonds. The van der Waals surface area contributed by atoms with Crippen LogP contribution in [0.3, 0.4) is 0 Å². The SMILES string of the molecule is CCc1nc(-c2ccc(C)c(Br)c2)nc(N)c1C. The van der Waals surface area contributed by atoms with Gasteiger partial charge in [0.1, 0.15) is 5.82 Å². The van der Waals surface area contributed by atoms with Gasteiger partial charge in [0.25, 0.3) is 0 Å². The Morgan fingerprint density at radius 3 is 2.56 bits per heavy atom. The third kappa shape index (κ3) is 2.38. The first-order chi connectivity index (χ1) is 8.52. The van der Waals surface area contributed by atoms with E-state index >= 15 is 0 Å². The quantitative estimate of drug-likeness (QED) is 0.921. The lowest BCUT2D eigenvalue weighted by atomic mass is 10.1. The Morgan fingerprint density at radius 1 is 1.22 bits per heavy atom. The molecule has 4 heteroatoms. The van der Waals surface area contributed by atoms with Crippen LogP contribution in [0.4, 0.5) is 5.82 Å². The summed E-state index contributed by atoms with van der Waals surface area (Å²) in [5.74, 6) is 1.25. The van der Waals surface area contributed by atoms with Crippen LogP contribution in [-0.4, -0.2) is 9.97 Å². The molecule has 94 valence electrons. The van der Waals surface area contributed by atoms with Crippen LogP contribution in [0.25, 0.3) is 11.4 Å². The standard InChI is InChI=1S/C14H16BrN3/c1-4-12-9(3)13(16)18-14(17-12)10-6-5-8(2)11(15)7-10/h5-7H,4H2,1-3H3,(H2,16,17,18). The van der Waals surface area contributed by atoms with Gasteiger partial charge in [-0.25, -0.2) is 9.97 Å². The fourth-order valence-corrected chi connectivity index (χ4v) is 2.17. The molecule has 1 heterocycles. The molecule has 0 aliphatic rings. The molecule has 3 nitrogen and oxygen atoms in total. The van der Waals surface area contributed by atoms with E-state index in [0.29, 0.717) is 11.6 Å². The molecule has 0 atom stereocenters. The number of benzene rings is 1. The predicted octanol–water partition coefficient (Wildman–Crippen LogP) is 3.67. The van der Waals surface area contributed by atoms with Gasteiger partial charge < -0.3 is 5.73 Å². The molecule has 0 unspecified atom stereocenters. The topological polar surface area (TPSA) is 51.8 Å². The lowest BCUT2D eigenvalue weighted by molar-refractivity contribution is 0.982. The summed E-state index contributed by atoms with van der Waals surface area (Å²) in [7, 11) is 0. The number of nitrogen functional groups attached to an aromatic ring is 1. The number of aromatic nitrogens is 2. The number of anilines is 1. The molecular formula is C14H16BrN3. The van der Waals surface area contributed by atoms with E-state index < -0.39 is 0 Å². The molecule has 2 N–H and O–H groups in total. The normalized spacial score (nSPS) is 10.7. The van der Waals surface area contributed by atoms with E-state index in [-0.39, 0.29) is 0 Å².